The van der Waals surface area contributed by atoms with E-state index in [2.05, 4.69) is 54.0 Å². The van der Waals surface area contributed by atoms with Crippen LogP contribution in [0.5, 0.6) is 0 Å². The number of fused-ring (bicyclic) bond motifs is 3. The van der Waals surface area contributed by atoms with Gasteiger partial charge in [-0.05, 0) is 25.1 Å². The van der Waals surface area contributed by atoms with Crippen LogP contribution in [-0.2, 0) is 0 Å². The smallest absolute Gasteiger partial charge is 0.174 e. The molecular weight excluding hydrogens is 367 g/mol. The molecule has 2 aromatic carbocycles. The van der Waals surface area contributed by atoms with E-state index in [0.29, 0.717) is 17.1 Å². The van der Waals surface area contributed by atoms with Crippen LogP contribution in [0.1, 0.15) is 28.8 Å². The van der Waals surface area contributed by atoms with Crippen LogP contribution >= 0.6 is 0 Å². The van der Waals surface area contributed by atoms with Crippen LogP contribution in [0, 0.1) is 25.1 Å². The van der Waals surface area contributed by atoms with Crippen LogP contribution in [0.3, 0.4) is 0 Å². The molecule has 0 aliphatic carbocycles. The number of nitrogens with zero attached hydrogens (tertiary/aromatic N) is 4. The van der Waals surface area contributed by atoms with Crippen LogP contribution in [0.15, 0.2) is 47.5 Å². The molecule has 0 spiro atoms. The van der Waals surface area contributed by atoms with Gasteiger partial charge in [0, 0.05) is 11.1 Å². The maximum Gasteiger partial charge on any atom is 0.174 e. The van der Waals surface area contributed by atoms with Gasteiger partial charge in [0.1, 0.15) is 11.6 Å². The second-order valence-electron chi connectivity index (χ2n) is 7.95. The summed E-state index contributed by atoms with van der Waals surface area (Å²) >= 11 is 0. The Labute approximate surface area is 165 Å². The Hall–Kier alpha value is -3.04. The molecule has 6 heteroatoms. The first-order valence-corrected chi connectivity index (χ1v) is 12.7. The first-order valence-electron chi connectivity index (χ1n) is 9.17. The van der Waals surface area contributed by atoms with E-state index in [0.717, 1.165) is 17.1 Å². The van der Waals surface area contributed by atoms with Crippen molar-refractivity contribution in [3.05, 3.63) is 71.1 Å². The van der Waals surface area contributed by atoms with Crippen molar-refractivity contribution >= 4 is 19.0 Å². The third-order valence-corrected chi connectivity index (χ3v) is 7.04. The molecule has 4 rings (SSSR count). The number of hydrogen-bond acceptors (Lipinski definition) is 3. The largest absolute Gasteiger partial charge is 0.280 e. The van der Waals surface area contributed by atoms with Gasteiger partial charge in [0.15, 0.2) is 11.9 Å². The van der Waals surface area contributed by atoms with Crippen molar-refractivity contribution in [1.29, 1.82) is 0 Å². The number of aryl methyl sites for hydroxylation is 1. The van der Waals surface area contributed by atoms with E-state index >= 15 is 0 Å². The number of halogens is 1. The van der Waals surface area contributed by atoms with Crippen LogP contribution < -0.4 is 5.19 Å². The Morgan fingerprint density at radius 2 is 1.82 bits per heavy atom. The van der Waals surface area contributed by atoms with Crippen molar-refractivity contribution in [1.82, 2.24) is 14.8 Å². The van der Waals surface area contributed by atoms with Gasteiger partial charge in [0.25, 0.3) is 0 Å². The molecule has 4 nitrogen and oxygen atoms in total. The monoisotopic (exact) mass is 388 g/mol. The zero-order valence-electron chi connectivity index (χ0n) is 16.4. The Kier molecular flexibility index (Phi) is 4.28. The lowest BCUT2D eigenvalue weighted by atomic mass is 10.00. The summed E-state index contributed by atoms with van der Waals surface area (Å²) in [7, 11) is -1.60. The lowest BCUT2D eigenvalue weighted by molar-refractivity contribution is 0.625. The lowest BCUT2D eigenvalue weighted by Gasteiger charge is -2.20. The Balaban J connectivity index is 2.10. The van der Waals surface area contributed by atoms with E-state index in [4.69, 9.17) is 11.4 Å². The van der Waals surface area contributed by atoms with Crippen molar-refractivity contribution in [2.24, 2.45) is 4.99 Å². The summed E-state index contributed by atoms with van der Waals surface area (Å²) in [6, 6.07) is 12.4. The fourth-order valence-electron chi connectivity index (χ4n) is 3.48. The molecule has 0 saturated carbocycles. The van der Waals surface area contributed by atoms with Crippen molar-refractivity contribution in [2.75, 3.05) is 0 Å². The van der Waals surface area contributed by atoms with Crippen LogP contribution in [0.2, 0.25) is 19.6 Å². The predicted octanol–water partition coefficient (Wildman–Crippen LogP) is 3.79. The van der Waals surface area contributed by atoms with E-state index in [9.17, 15) is 4.39 Å². The van der Waals surface area contributed by atoms with Crippen molar-refractivity contribution in [3.8, 4) is 18.0 Å². The highest BCUT2D eigenvalue weighted by Gasteiger charge is 2.29. The molecular formula is C22H21FN4Si. The summed E-state index contributed by atoms with van der Waals surface area (Å²) in [6.07, 6.45) is 5.78. The van der Waals surface area contributed by atoms with E-state index in [1.165, 1.54) is 11.3 Å². The first-order chi connectivity index (χ1) is 13.3. The normalized spacial score (nSPS) is 15.9. The zero-order valence-corrected chi connectivity index (χ0v) is 17.4. The quantitative estimate of drug-likeness (QED) is 0.495. The molecule has 0 N–H and O–H groups in total. The number of terminal acetylenes is 1. The number of aromatic nitrogens is 3. The summed E-state index contributed by atoms with van der Waals surface area (Å²) in [5.74, 6) is 3.67. The van der Waals surface area contributed by atoms with Crippen LogP contribution in [-0.4, -0.2) is 28.6 Å². The van der Waals surface area contributed by atoms with E-state index in [1.54, 1.807) is 12.1 Å². The fraction of sp³-hybridized carbons (Fsp3) is 0.227. The van der Waals surface area contributed by atoms with Gasteiger partial charge in [0.05, 0.1) is 19.5 Å². The van der Waals surface area contributed by atoms with E-state index < -0.39 is 14.1 Å². The molecule has 1 atom stereocenters. The predicted molar refractivity (Wildman–Crippen MR) is 113 cm³/mol. The highest BCUT2D eigenvalue weighted by molar-refractivity contribution is 6.88. The molecule has 1 aromatic heterocycles. The molecule has 3 aromatic rings. The SMILES string of the molecule is C#CC1N=C(c2ccccc2F)c2cc([Si](C)(C)C)ccc2-n2c(C)nnc21. The van der Waals surface area contributed by atoms with E-state index in [1.807, 2.05) is 17.6 Å². The van der Waals surface area contributed by atoms with Crippen molar-refractivity contribution in [3.63, 3.8) is 0 Å². The van der Waals surface area contributed by atoms with Gasteiger partial charge in [-0.15, -0.1) is 16.6 Å². The number of rotatable bonds is 2. The second kappa shape index (κ2) is 6.53. The minimum absolute atomic E-state index is 0.323. The van der Waals surface area contributed by atoms with Gasteiger partial charge < -0.3 is 0 Å². The molecule has 0 radical (unpaired) electrons. The third-order valence-electron chi connectivity index (χ3n) is 5.00. The highest BCUT2D eigenvalue weighted by Crippen LogP contribution is 2.31. The van der Waals surface area contributed by atoms with Gasteiger partial charge in [-0.3, -0.25) is 9.56 Å². The molecule has 140 valence electrons. The van der Waals surface area contributed by atoms with Gasteiger partial charge in [-0.2, -0.15) is 0 Å². The van der Waals surface area contributed by atoms with Crippen LogP contribution in [0.4, 0.5) is 4.39 Å². The Bertz CT molecular complexity index is 1150. The minimum Gasteiger partial charge on any atom is -0.280 e. The average Bonchev–Trinajstić information content (AvgIpc) is 2.97. The topological polar surface area (TPSA) is 43.1 Å². The van der Waals surface area contributed by atoms with Crippen LogP contribution in [0.25, 0.3) is 5.69 Å². The average molecular weight is 389 g/mol. The maximum atomic E-state index is 14.7. The molecule has 1 aliphatic heterocycles. The third kappa shape index (κ3) is 2.88. The summed E-state index contributed by atoms with van der Waals surface area (Å²) < 4.78 is 16.7. The number of hydrogen-bond donors (Lipinski definition) is 0. The molecule has 1 aliphatic rings. The van der Waals surface area contributed by atoms with Gasteiger partial charge in [-0.25, -0.2) is 4.39 Å². The van der Waals surface area contributed by atoms with Gasteiger partial charge in [0.2, 0.25) is 0 Å². The summed E-state index contributed by atoms with van der Waals surface area (Å²) in [5, 5.41) is 9.74. The van der Waals surface area contributed by atoms with Crippen molar-refractivity contribution < 1.29 is 4.39 Å². The summed E-state index contributed by atoms with van der Waals surface area (Å²) in [6.45, 7) is 8.73. The molecule has 1 unspecified atom stereocenters. The molecule has 2 heterocycles. The maximum absolute atomic E-state index is 14.7. The molecule has 28 heavy (non-hydrogen) atoms. The number of aliphatic imine (C=N–C) groups is 1. The zero-order chi connectivity index (χ0) is 20.1. The number of benzene rings is 2. The summed E-state index contributed by atoms with van der Waals surface area (Å²) in [5.41, 5.74) is 2.72. The van der Waals surface area contributed by atoms with Gasteiger partial charge >= 0.3 is 0 Å². The van der Waals surface area contributed by atoms with Crippen molar-refractivity contribution in [2.45, 2.75) is 32.6 Å². The lowest BCUT2D eigenvalue weighted by Crippen LogP contribution is -2.38. The standard InChI is InChI=1S/C22H21FN4Si/c1-6-19-22-26-25-14(2)27(22)20-12-11-15(28(3,4)5)13-17(20)21(24-19)16-9-7-8-10-18(16)23/h1,7-13,19H,2-5H3. The fourth-order valence-corrected chi connectivity index (χ4v) is 4.64. The highest BCUT2D eigenvalue weighted by atomic mass is 28.3. The van der Waals surface area contributed by atoms with Gasteiger partial charge in [-0.1, -0.05) is 55.0 Å². The molecule has 0 saturated heterocycles. The first kappa shape index (κ1) is 18.3. The van der Waals surface area contributed by atoms with E-state index in [-0.39, 0.29) is 5.82 Å². The molecule has 0 amide bonds. The summed E-state index contributed by atoms with van der Waals surface area (Å²) in [4.78, 5) is 4.78. The Morgan fingerprint density at radius 3 is 2.50 bits per heavy atom. The minimum atomic E-state index is -1.60. The molecule has 0 fully saturated rings. The second-order valence-corrected chi connectivity index (χ2v) is 13.0. The molecule has 0 bridgehead atoms. The Morgan fingerprint density at radius 1 is 1.07 bits per heavy atom.